The second-order valence-corrected chi connectivity index (χ2v) is 4.33. The van der Waals surface area contributed by atoms with Crippen molar-refractivity contribution in [3.05, 3.63) is 29.6 Å². The van der Waals surface area contributed by atoms with E-state index in [9.17, 15) is 9.18 Å². The molecule has 0 radical (unpaired) electrons. The Bertz CT molecular complexity index is 503. The van der Waals surface area contributed by atoms with Gasteiger partial charge in [0.15, 0.2) is 0 Å². The van der Waals surface area contributed by atoms with Gasteiger partial charge in [-0.1, -0.05) is 32.1 Å². The molecule has 2 N–H and O–H groups in total. The summed E-state index contributed by atoms with van der Waals surface area (Å²) >= 11 is 0. The van der Waals surface area contributed by atoms with Crippen LogP contribution in [0.25, 0.3) is 0 Å². The molecule has 0 spiro atoms. The third-order valence-electron chi connectivity index (χ3n) is 2.71. The van der Waals surface area contributed by atoms with E-state index >= 15 is 0 Å². The van der Waals surface area contributed by atoms with E-state index in [1.165, 1.54) is 12.1 Å². The first-order chi connectivity index (χ1) is 9.08. The highest BCUT2D eigenvalue weighted by atomic mass is 19.1. The van der Waals surface area contributed by atoms with Crippen molar-refractivity contribution in [2.24, 2.45) is 5.92 Å². The first kappa shape index (κ1) is 15.2. The number of amides is 1. The van der Waals surface area contributed by atoms with Gasteiger partial charge in [0.25, 0.3) is 0 Å². The zero-order chi connectivity index (χ0) is 14.3. The van der Waals surface area contributed by atoms with Gasteiger partial charge in [-0.2, -0.15) is 0 Å². The number of aliphatic hydroxyl groups excluding tert-OH is 1. The summed E-state index contributed by atoms with van der Waals surface area (Å²) in [6, 6.07) is 4.32. The van der Waals surface area contributed by atoms with Crippen LogP contribution in [-0.2, 0) is 4.79 Å². The second kappa shape index (κ2) is 7.55. The summed E-state index contributed by atoms with van der Waals surface area (Å²) in [7, 11) is 0. The van der Waals surface area contributed by atoms with Crippen LogP contribution in [0.5, 0.6) is 0 Å². The van der Waals surface area contributed by atoms with Crippen LogP contribution in [0.4, 0.5) is 10.1 Å². The Hall–Kier alpha value is -1.86. The van der Waals surface area contributed by atoms with Crippen LogP contribution in [0.15, 0.2) is 18.2 Å². The number of halogens is 1. The number of carbonyl (C=O) groups is 1. The molecule has 0 aromatic heterocycles. The monoisotopic (exact) mass is 263 g/mol. The number of carbonyl (C=O) groups excluding carboxylic acids is 1. The second-order valence-electron chi connectivity index (χ2n) is 4.33. The van der Waals surface area contributed by atoms with Crippen LogP contribution in [0.2, 0.25) is 0 Å². The van der Waals surface area contributed by atoms with E-state index in [0.29, 0.717) is 5.69 Å². The highest BCUT2D eigenvalue weighted by Gasteiger charge is 2.12. The van der Waals surface area contributed by atoms with Gasteiger partial charge in [0.2, 0.25) is 5.91 Å². The molecule has 1 aromatic rings. The van der Waals surface area contributed by atoms with Gasteiger partial charge >= 0.3 is 0 Å². The lowest BCUT2D eigenvalue weighted by molar-refractivity contribution is -0.119. The maximum absolute atomic E-state index is 13.6. The van der Waals surface area contributed by atoms with Crippen molar-refractivity contribution < 1.29 is 14.3 Å². The molecule has 0 fully saturated rings. The molecule has 3 nitrogen and oxygen atoms in total. The summed E-state index contributed by atoms with van der Waals surface area (Å²) in [5, 5.41) is 11.2. The Balaban J connectivity index is 2.76. The number of rotatable bonds is 4. The maximum atomic E-state index is 13.6. The Morgan fingerprint density at radius 3 is 2.84 bits per heavy atom. The molecule has 0 aliphatic heterocycles. The molecule has 1 unspecified atom stereocenters. The lowest BCUT2D eigenvalue weighted by Crippen LogP contribution is -2.20. The van der Waals surface area contributed by atoms with Crippen LogP contribution >= 0.6 is 0 Å². The fraction of sp³-hybridized carbons (Fsp3) is 0.400. The quantitative estimate of drug-likeness (QED) is 0.820. The molecule has 0 saturated heterocycles. The first-order valence-electron chi connectivity index (χ1n) is 6.28. The summed E-state index contributed by atoms with van der Waals surface area (Å²) < 4.78 is 13.6. The van der Waals surface area contributed by atoms with Gasteiger partial charge in [0.1, 0.15) is 12.4 Å². The number of nitrogens with one attached hydrogen (secondary N) is 1. The lowest BCUT2D eigenvalue weighted by Gasteiger charge is -2.11. The molecule has 0 aliphatic carbocycles. The molecule has 4 heteroatoms. The number of anilines is 1. The summed E-state index contributed by atoms with van der Waals surface area (Å²) in [4.78, 5) is 11.8. The number of aliphatic hydroxyl groups is 1. The van der Waals surface area contributed by atoms with Crippen LogP contribution < -0.4 is 5.32 Å². The van der Waals surface area contributed by atoms with Crippen LogP contribution in [0, 0.1) is 23.6 Å². The Morgan fingerprint density at radius 1 is 1.53 bits per heavy atom. The third kappa shape index (κ3) is 4.72. The molecule has 1 aromatic carbocycles. The summed E-state index contributed by atoms with van der Waals surface area (Å²) in [5.41, 5.74) is 0.619. The zero-order valence-electron chi connectivity index (χ0n) is 11.2. The van der Waals surface area contributed by atoms with Gasteiger partial charge in [-0.3, -0.25) is 4.79 Å². The minimum atomic E-state index is -0.512. The number of benzene rings is 1. The normalized spacial score (nSPS) is 11.4. The highest BCUT2D eigenvalue weighted by Crippen LogP contribution is 2.16. The van der Waals surface area contributed by atoms with Crippen molar-refractivity contribution in [3.8, 4) is 11.8 Å². The van der Waals surface area contributed by atoms with E-state index in [2.05, 4.69) is 17.2 Å². The van der Waals surface area contributed by atoms with Gasteiger partial charge in [-0.25, -0.2) is 4.39 Å². The van der Waals surface area contributed by atoms with Gasteiger partial charge in [0, 0.05) is 11.6 Å². The average Bonchev–Trinajstić information content (AvgIpc) is 2.38. The molecule has 19 heavy (non-hydrogen) atoms. The van der Waals surface area contributed by atoms with E-state index in [1.54, 1.807) is 6.07 Å². The van der Waals surface area contributed by atoms with Crippen molar-refractivity contribution in [1.82, 2.24) is 0 Å². The minimum absolute atomic E-state index is 0.0954. The molecular formula is C15H18FNO2. The molecule has 0 heterocycles. The van der Waals surface area contributed by atoms with Crippen molar-refractivity contribution >= 4 is 11.6 Å². The van der Waals surface area contributed by atoms with Gasteiger partial charge in [-0.05, 0) is 24.6 Å². The summed E-state index contributed by atoms with van der Waals surface area (Å²) in [6.07, 6.45) is 1.73. The van der Waals surface area contributed by atoms with Crippen molar-refractivity contribution in [1.29, 1.82) is 0 Å². The maximum Gasteiger partial charge on any atom is 0.227 e. The number of hydrogen-bond acceptors (Lipinski definition) is 2. The number of hydrogen-bond donors (Lipinski definition) is 2. The standard InChI is InChI=1S/C15H18FNO2/c1-3-5-11(2)15(19)17-13-8-7-12(6-4-9-18)14(16)10-13/h7-8,10-11,18H,3,5,9H2,1-2H3,(H,17,19). The predicted molar refractivity (Wildman–Crippen MR) is 73.1 cm³/mol. The van der Waals surface area contributed by atoms with Crippen LogP contribution in [0.1, 0.15) is 32.3 Å². The van der Waals surface area contributed by atoms with E-state index in [0.717, 1.165) is 12.8 Å². The van der Waals surface area contributed by atoms with E-state index in [4.69, 9.17) is 5.11 Å². The lowest BCUT2D eigenvalue weighted by atomic mass is 10.1. The van der Waals surface area contributed by atoms with E-state index in [-0.39, 0.29) is 24.0 Å². The van der Waals surface area contributed by atoms with Gasteiger partial charge in [0.05, 0.1) is 5.56 Å². The minimum Gasteiger partial charge on any atom is -0.384 e. The molecule has 1 rings (SSSR count). The van der Waals surface area contributed by atoms with Crippen molar-refractivity contribution in [3.63, 3.8) is 0 Å². The molecule has 1 atom stereocenters. The summed E-state index contributed by atoms with van der Waals surface area (Å²) in [6.45, 7) is 3.54. The average molecular weight is 263 g/mol. The van der Waals surface area contributed by atoms with Crippen molar-refractivity contribution in [2.75, 3.05) is 11.9 Å². The highest BCUT2D eigenvalue weighted by molar-refractivity contribution is 5.92. The van der Waals surface area contributed by atoms with E-state index < -0.39 is 5.82 Å². The predicted octanol–water partition coefficient (Wildman–Crippen LogP) is 2.54. The van der Waals surface area contributed by atoms with Crippen molar-refractivity contribution in [2.45, 2.75) is 26.7 Å². The SMILES string of the molecule is CCCC(C)C(=O)Nc1ccc(C#CCO)c(F)c1. The Labute approximate surface area is 112 Å². The zero-order valence-corrected chi connectivity index (χ0v) is 11.2. The fourth-order valence-electron chi connectivity index (χ4n) is 1.66. The molecular weight excluding hydrogens is 245 g/mol. The van der Waals surface area contributed by atoms with E-state index in [1.807, 2.05) is 13.8 Å². The fourth-order valence-corrected chi connectivity index (χ4v) is 1.66. The molecule has 0 bridgehead atoms. The molecule has 102 valence electrons. The first-order valence-corrected chi connectivity index (χ1v) is 6.28. The molecule has 0 aliphatic rings. The topological polar surface area (TPSA) is 49.3 Å². The summed E-state index contributed by atoms with van der Waals surface area (Å²) in [5.74, 6) is 4.15. The van der Waals surface area contributed by atoms with Crippen LogP contribution in [0.3, 0.4) is 0 Å². The van der Waals surface area contributed by atoms with Gasteiger partial charge < -0.3 is 10.4 Å². The Morgan fingerprint density at radius 2 is 2.26 bits per heavy atom. The smallest absolute Gasteiger partial charge is 0.227 e. The largest absolute Gasteiger partial charge is 0.384 e. The van der Waals surface area contributed by atoms with Gasteiger partial charge in [-0.15, -0.1) is 0 Å². The molecule has 1 amide bonds. The Kier molecular flexibility index (Phi) is 6.04. The molecule has 0 saturated carbocycles. The third-order valence-corrected chi connectivity index (χ3v) is 2.71. The van der Waals surface area contributed by atoms with Crippen LogP contribution in [-0.4, -0.2) is 17.6 Å².